The molecule has 1 saturated heterocycles. The highest BCUT2D eigenvalue weighted by molar-refractivity contribution is 5.79. The van der Waals surface area contributed by atoms with Gasteiger partial charge in [0, 0.05) is 25.6 Å². The molecule has 0 radical (unpaired) electrons. The average molecular weight is 244 g/mol. The van der Waals surface area contributed by atoms with Crippen LogP contribution in [0.25, 0.3) is 0 Å². The van der Waals surface area contributed by atoms with E-state index >= 15 is 0 Å². The molecule has 1 heterocycles. The number of rotatable bonds is 2. The second-order valence-corrected chi connectivity index (χ2v) is 4.11. The van der Waals surface area contributed by atoms with Gasteiger partial charge in [-0.25, -0.2) is 13.2 Å². The fraction of sp³-hybridized carbons (Fsp3) is 0.364. The van der Waals surface area contributed by atoms with Gasteiger partial charge >= 0.3 is 0 Å². The predicted octanol–water partition coefficient (Wildman–Crippen LogP) is 1.16. The van der Waals surface area contributed by atoms with Gasteiger partial charge in [-0.15, -0.1) is 0 Å². The SMILES string of the molecule is NC1CC(=O)N(Cc2cc(F)c(F)c(F)c2)C1. The summed E-state index contributed by atoms with van der Waals surface area (Å²) in [5.41, 5.74) is 5.79. The zero-order valence-electron chi connectivity index (χ0n) is 8.92. The van der Waals surface area contributed by atoms with Crippen LogP contribution in [-0.2, 0) is 11.3 Å². The summed E-state index contributed by atoms with van der Waals surface area (Å²) in [6.07, 6.45) is 0.228. The maximum Gasteiger partial charge on any atom is 0.224 e. The third-order valence-corrected chi connectivity index (χ3v) is 2.66. The number of halogens is 3. The number of carbonyl (C=O) groups excluding carboxylic acids is 1. The topological polar surface area (TPSA) is 46.3 Å². The van der Waals surface area contributed by atoms with Crippen LogP contribution >= 0.6 is 0 Å². The van der Waals surface area contributed by atoms with Crippen LogP contribution in [0.3, 0.4) is 0 Å². The van der Waals surface area contributed by atoms with Gasteiger partial charge in [-0.1, -0.05) is 0 Å². The number of nitrogens with two attached hydrogens (primary N) is 1. The highest BCUT2D eigenvalue weighted by Crippen LogP contribution is 2.18. The molecule has 3 nitrogen and oxygen atoms in total. The molecule has 1 aromatic rings. The Labute approximate surface area is 96.0 Å². The van der Waals surface area contributed by atoms with E-state index in [1.165, 1.54) is 4.90 Å². The van der Waals surface area contributed by atoms with Crippen molar-refractivity contribution in [1.29, 1.82) is 0 Å². The van der Waals surface area contributed by atoms with Crippen LogP contribution in [0.5, 0.6) is 0 Å². The highest BCUT2D eigenvalue weighted by Gasteiger charge is 2.27. The van der Waals surface area contributed by atoms with Crippen LogP contribution in [0.4, 0.5) is 13.2 Å². The minimum atomic E-state index is -1.50. The molecule has 6 heteroatoms. The van der Waals surface area contributed by atoms with Gasteiger partial charge < -0.3 is 10.6 Å². The van der Waals surface area contributed by atoms with E-state index in [1.807, 2.05) is 0 Å². The Bertz CT molecular complexity index is 441. The van der Waals surface area contributed by atoms with Crippen LogP contribution < -0.4 is 5.73 Å². The molecule has 1 aromatic carbocycles. The molecule has 1 aliphatic rings. The van der Waals surface area contributed by atoms with Crippen molar-refractivity contribution in [3.8, 4) is 0 Å². The van der Waals surface area contributed by atoms with Crippen molar-refractivity contribution in [2.75, 3.05) is 6.54 Å². The minimum Gasteiger partial charge on any atom is -0.337 e. The Morgan fingerprint density at radius 3 is 2.35 bits per heavy atom. The number of hydrogen-bond donors (Lipinski definition) is 1. The van der Waals surface area contributed by atoms with E-state index in [0.717, 1.165) is 12.1 Å². The van der Waals surface area contributed by atoms with Gasteiger partial charge in [-0.3, -0.25) is 4.79 Å². The van der Waals surface area contributed by atoms with Gasteiger partial charge in [0.05, 0.1) is 0 Å². The summed E-state index contributed by atoms with van der Waals surface area (Å²) >= 11 is 0. The third kappa shape index (κ3) is 2.41. The van der Waals surface area contributed by atoms with E-state index < -0.39 is 17.5 Å². The van der Waals surface area contributed by atoms with E-state index in [1.54, 1.807) is 0 Å². The Kier molecular flexibility index (Phi) is 3.06. The molecule has 0 spiro atoms. The number of hydrogen-bond acceptors (Lipinski definition) is 2. The van der Waals surface area contributed by atoms with Crippen molar-refractivity contribution < 1.29 is 18.0 Å². The summed E-state index contributed by atoms with van der Waals surface area (Å²) < 4.78 is 38.6. The normalized spacial score (nSPS) is 20.1. The van der Waals surface area contributed by atoms with E-state index in [9.17, 15) is 18.0 Å². The molecular formula is C11H11F3N2O. The second kappa shape index (κ2) is 4.37. The van der Waals surface area contributed by atoms with Gasteiger partial charge in [0.2, 0.25) is 5.91 Å². The number of nitrogens with zero attached hydrogens (tertiary/aromatic N) is 1. The molecule has 2 N–H and O–H groups in total. The molecule has 1 atom stereocenters. The maximum absolute atomic E-state index is 12.9. The van der Waals surface area contributed by atoms with E-state index in [4.69, 9.17) is 5.73 Å². The quantitative estimate of drug-likeness (QED) is 0.794. The molecular weight excluding hydrogens is 233 g/mol. The summed E-state index contributed by atoms with van der Waals surface area (Å²) in [6.45, 7) is 0.389. The molecule has 0 bridgehead atoms. The first kappa shape index (κ1) is 11.9. The van der Waals surface area contributed by atoms with Crippen molar-refractivity contribution in [2.24, 2.45) is 5.73 Å². The van der Waals surface area contributed by atoms with Crippen LogP contribution in [0.1, 0.15) is 12.0 Å². The van der Waals surface area contributed by atoms with Crippen LogP contribution in [0.15, 0.2) is 12.1 Å². The maximum atomic E-state index is 12.9. The largest absolute Gasteiger partial charge is 0.337 e. The molecule has 1 amide bonds. The van der Waals surface area contributed by atoms with Crippen LogP contribution in [0.2, 0.25) is 0 Å². The summed E-state index contributed by atoms with van der Waals surface area (Å²) in [6, 6.07) is 1.52. The van der Waals surface area contributed by atoms with Gasteiger partial charge in [0.1, 0.15) is 0 Å². The fourth-order valence-corrected chi connectivity index (χ4v) is 1.88. The lowest BCUT2D eigenvalue weighted by Gasteiger charge is -2.16. The number of benzene rings is 1. The third-order valence-electron chi connectivity index (χ3n) is 2.66. The lowest BCUT2D eigenvalue weighted by atomic mass is 10.2. The first-order chi connectivity index (χ1) is 7.97. The fourth-order valence-electron chi connectivity index (χ4n) is 1.88. The van der Waals surface area contributed by atoms with Crippen molar-refractivity contribution in [3.05, 3.63) is 35.1 Å². The monoisotopic (exact) mass is 244 g/mol. The Hall–Kier alpha value is -1.56. The standard InChI is InChI=1S/C11H11F3N2O/c12-8-1-6(2-9(13)11(8)14)4-16-5-7(15)3-10(16)17/h1-2,7H,3-5,15H2. The smallest absolute Gasteiger partial charge is 0.224 e. The number of amides is 1. The molecule has 1 unspecified atom stereocenters. The first-order valence-corrected chi connectivity index (χ1v) is 5.14. The van der Waals surface area contributed by atoms with Crippen molar-refractivity contribution in [1.82, 2.24) is 4.90 Å². The lowest BCUT2D eigenvalue weighted by Crippen LogP contribution is -2.27. The number of likely N-dealkylation sites (tertiary alicyclic amines) is 1. The summed E-state index contributed by atoms with van der Waals surface area (Å²) in [7, 11) is 0. The second-order valence-electron chi connectivity index (χ2n) is 4.11. The van der Waals surface area contributed by atoms with Crippen LogP contribution in [-0.4, -0.2) is 23.4 Å². The average Bonchev–Trinajstić information content (AvgIpc) is 2.54. The molecule has 17 heavy (non-hydrogen) atoms. The highest BCUT2D eigenvalue weighted by atomic mass is 19.2. The minimum absolute atomic E-state index is 0.0423. The molecule has 0 saturated carbocycles. The zero-order chi connectivity index (χ0) is 12.6. The summed E-state index contributed by atoms with van der Waals surface area (Å²) in [5, 5.41) is 0. The van der Waals surface area contributed by atoms with Crippen molar-refractivity contribution >= 4 is 5.91 Å². The first-order valence-electron chi connectivity index (χ1n) is 5.14. The van der Waals surface area contributed by atoms with Crippen LogP contribution in [0, 0.1) is 17.5 Å². The van der Waals surface area contributed by atoms with E-state index in [2.05, 4.69) is 0 Å². The molecule has 0 aromatic heterocycles. The molecule has 1 fully saturated rings. The van der Waals surface area contributed by atoms with Gasteiger partial charge in [0.15, 0.2) is 17.5 Å². The predicted molar refractivity (Wildman–Crippen MR) is 54.3 cm³/mol. The summed E-state index contributed by atoms with van der Waals surface area (Å²) in [4.78, 5) is 12.8. The number of carbonyl (C=O) groups is 1. The van der Waals surface area contributed by atoms with Gasteiger partial charge in [-0.2, -0.15) is 0 Å². The lowest BCUT2D eigenvalue weighted by molar-refractivity contribution is -0.128. The Morgan fingerprint density at radius 1 is 1.29 bits per heavy atom. The van der Waals surface area contributed by atoms with Gasteiger partial charge in [0.25, 0.3) is 0 Å². The Balaban J connectivity index is 2.17. The Morgan fingerprint density at radius 2 is 1.88 bits per heavy atom. The van der Waals surface area contributed by atoms with E-state index in [0.29, 0.717) is 6.54 Å². The van der Waals surface area contributed by atoms with Crippen molar-refractivity contribution in [2.45, 2.75) is 19.0 Å². The van der Waals surface area contributed by atoms with E-state index in [-0.39, 0.29) is 30.5 Å². The zero-order valence-corrected chi connectivity index (χ0v) is 8.92. The van der Waals surface area contributed by atoms with Crippen molar-refractivity contribution in [3.63, 3.8) is 0 Å². The van der Waals surface area contributed by atoms with Gasteiger partial charge in [-0.05, 0) is 17.7 Å². The molecule has 2 rings (SSSR count). The molecule has 1 aliphatic heterocycles. The molecule has 92 valence electrons. The molecule has 0 aliphatic carbocycles. The summed E-state index contributed by atoms with van der Waals surface area (Å²) in [5.74, 6) is -4.17.